The van der Waals surface area contributed by atoms with Crippen LogP contribution in [0.1, 0.15) is 37.8 Å². The van der Waals surface area contributed by atoms with Crippen LogP contribution in [0, 0.1) is 6.92 Å². The van der Waals surface area contributed by atoms with E-state index < -0.39 is 28.5 Å². The summed E-state index contributed by atoms with van der Waals surface area (Å²) in [5.74, 6) is -0.847. The monoisotopic (exact) mass is 527 g/mol. The number of rotatable bonds is 11. The number of hydrogen-bond acceptors (Lipinski definition) is 4. The second-order valence-corrected chi connectivity index (χ2v) is 10.9. The van der Waals surface area contributed by atoms with E-state index in [2.05, 4.69) is 5.32 Å². The van der Waals surface area contributed by atoms with Crippen molar-refractivity contribution in [2.45, 2.75) is 46.2 Å². The molecular weight excluding hydrogens is 497 g/mol. The number of halogens is 2. The van der Waals surface area contributed by atoms with Crippen LogP contribution in [0.25, 0.3) is 0 Å². The minimum absolute atomic E-state index is 0.0536. The molecule has 0 heterocycles. The molecule has 0 spiro atoms. The van der Waals surface area contributed by atoms with E-state index >= 15 is 0 Å². The lowest BCUT2D eigenvalue weighted by atomic mass is 10.1. The number of carbonyl (C=O) groups is 2. The average Bonchev–Trinajstić information content (AvgIpc) is 2.76. The normalized spacial score (nSPS) is 12.2. The standard InChI is InChI=1S/C24H31Cl2N3O4S/c1-5-6-13-27-24(31)18(3)28(15-19-9-7-8-10-21(19)26)23(30)16-29(34(4,32)33)22-12-11-20(25)14-17(22)2/h7-12,14,18H,5-6,13,15-16H2,1-4H3,(H,27,31)/t18-/m1/s1. The molecule has 0 aromatic heterocycles. The molecule has 10 heteroatoms. The molecule has 2 rings (SSSR count). The Labute approximate surface area is 212 Å². The first-order valence-corrected chi connectivity index (χ1v) is 13.6. The lowest BCUT2D eigenvalue weighted by Crippen LogP contribution is -2.51. The van der Waals surface area contributed by atoms with Crippen molar-refractivity contribution in [3.05, 3.63) is 63.6 Å². The molecule has 0 aliphatic carbocycles. The van der Waals surface area contributed by atoms with E-state index in [9.17, 15) is 18.0 Å². The third kappa shape index (κ3) is 7.61. The summed E-state index contributed by atoms with van der Waals surface area (Å²) in [5, 5.41) is 3.75. The Kier molecular flexibility index (Phi) is 10.2. The van der Waals surface area contributed by atoms with E-state index in [1.165, 1.54) is 4.90 Å². The first kappa shape index (κ1) is 28.0. The molecule has 1 N–H and O–H groups in total. The molecule has 2 aromatic rings. The average molecular weight is 529 g/mol. The predicted octanol–water partition coefficient (Wildman–Crippen LogP) is 4.40. The Bertz CT molecular complexity index is 1120. The minimum atomic E-state index is -3.81. The summed E-state index contributed by atoms with van der Waals surface area (Å²) in [7, 11) is -3.81. The number of benzene rings is 2. The lowest BCUT2D eigenvalue weighted by Gasteiger charge is -2.32. The molecule has 0 aliphatic rings. The van der Waals surface area contributed by atoms with E-state index in [-0.39, 0.29) is 12.5 Å². The molecule has 0 radical (unpaired) electrons. The van der Waals surface area contributed by atoms with Gasteiger partial charge in [-0.2, -0.15) is 0 Å². The summed E-state index contributed by atoms with van der Waals surface area (Å²) in [6, 6.07) is 10.9. The summed E-state index contributed by atoms with van der Waals surface area (Å²) in [6.45, 7) is 5.43. The van der Waals surface area contributed by atoms with E-state index in [1.54, 1.807) is 56.3 Å². The highest BCUT2D eigenvalue weighted by molar-refractivity contribution is 7.92. The zero-order valence-electron chi connectivity index (χ0n) is 19.8. The Morgan fingerprint density at radius 1 is 1.12 bits per heavy atom. The van der Waals surface area contributed by atoms with Crippen molar-refractivity contribution in [3.63, 3.8) is 0 Å². The second kappa shape index (κ2) is 12.4. The largest absolute Gasteiger partial charge is 0.354 e. The Balaban J connectivity index is 2.39. The van der Waals surface area contributed by atoms with Gasteiger partial charge in [-0.25, -0.2) is 8.42 Å². The van der Waals surface area contributed by atoms with Gasteiger partial charge in [-0.05, 0) is 55.7 Å². The van der Waals surface area contributed by atoms with Crippen LogP contribution in [0.15, 0.2) is 42.5 Å². The summed E-state index contributed by atoms with van der Waals surface area (Å²) >= 11 is 12.3. The molecule has 34 heavy (non-hydrogen) atoms. The maximum Gasteiger partial charge on any atom is 0.244 e. The molecule has 1 atom stereocenters. The summed E-state index contributed by atoms with van der Waals surface area (Å²) in [5.41, 5.74) is 1.60. The van der Waals surface area contributed by atoms with Gasteiger partial charge in [0.15, 0.2) is 0 Å². The van der Waals surface area contributed by atoms with Gasteiger partial charge in [0.2, 0.25) is 21.8 Å². The predicted molar refractivity (Wildman–Crippen MR) is 138 cm³/mol. The summed E-state index contributed by atoms with van der Waals surface area (Å²) in [6.07, 6.45) is 2.77. The minimum Gasteiger partial charge on any atom is -0.354 e. The Hall–Kier alpha value is -2.29. The molecule has 0 bridgehead atoms. The fourth-order valence-corrected chi connectivity index (χ4v) is 4.75. The highest BCUT2D eigenvalue weighted by Gasteiger charge is 2.30. The van der Waals surface area contributed by atoms with E-state index in [0.717, 1.165) is 23.4 Å². The fraction of sp³-hybridized carbons (Fsp3) is 0.417. The zero-order chi connectivity index (χ0) is 25.5. The SMILES string of the molecule is CCCCNC(=O)[C@@H](C)N(Cc1ccccc1Cl)C(=O)CN(c1ccc(Cl)cc1C)S(C)(=O)=O. The summed E-state index contributed by atoms with van der Waals surface area (Å²) < 4.78 is 26.3. The fourth-order valence-electron chi connectivity index (χ4n) is 3.42. The van der Waals surface area contributed by atoms with Gasteiger partial charge in [-0.15, -0.1) is 0 Å². The molecule has 0 unspecified atom stereocenters. The highest BCUT2D eigenvalue weighted by Crippen LogP contribution is 2.26. The molecule has 2 amide bonds. The Morgan fingerprint density at radius 2 is 1.79 bits per heavy atom. The zero-order valence-corrected chi connectivity index (χ0v) is 22.2. The number of aryl methyl sites for hydroxylation is 1. The van der Waals surface area contributed by atoms with Crippen LogP contribution in [-0.2, 0) is 26.2 Å². The van der Waals surface area contributed by atoms with Crippen molar-refractivity contribution < 1.29 is 18.0 Å². The number of nitrogens with zero attached hydrogens (tertiary/aromatic N) is 2. The molecule has 0 aliphatic heterocycles. The van der Waals surface area contributed by atoms with Crippen molar-refractivity contribution in [2.75, 3.05) is 23.7 Å². The molecule has 2 aromatic carbocycles. The Morgan fingerprint density at radius 3 is 2.38 bits per heavy atom. The van der Waals surface area contributed by atoms with Crippen LogP contribution in [0.2, 0.25) is 10.0 Å². The van der Waals surface area contributed by atoms with Crippen molar-refractivity contribution in [2.24, 2.45) is 0 Å². The van der Waals surface area contributed by atoms with Gasteiger partial charge in [0.25, 0.3) is 0 Å². The van der Waals surface area contributed by atoms with Crippen LogP contribution >= 0.6 is 23.2 Å². The maximum atomic E-state index is 13.5. The molecule has 7 nitrogen and oxygen atoms in total. The molecule has 0 saturated heterocycles. The van der Waals surface area contributed by atoms with Crippen molar-refractivity contribution >= 4 is 50.7 Å². The number of carbonyl (C=O) groups excluding carboxylic acids is 2. The lowest BCUT2D eigenvalue weighted by molar-refractivity contribution is -0.139. The van der Waals surface area contributed by atoms with Crippen LogP contribution in [0.5, 0.6) is 0 Å². The number of unbranched alkanes of at least 4 members (excludes halogenated alkanes) is 1. The van der Waals surface area contributed by atoms with E-state index in [4.69, 9.17) is 23.2 Å². The topological polar surface area (TPSA) is 86.8 Å². The second-order valence-electron chi connectivity index (χ2n) is 8.13. The molecular formula is C24H31Cl2N3O4S. The van der Waals surface area contributed by atoms with Crippen LogP contribution in [-0.4, -0.2) is 50.5 Å². The first-order chi connectivity index (χ1) is 16.0. The van der Waals surface area contributed by atoms with Gasteiger partial charge in [0, 0.05) is 23.1 Å². The molecule has 0 saturated carbocycles. The number of amides is 2. The highest BCUT2D eigenvalue weighted by atomic mass is 35.5. The summed E-state index contributed by atoms with van der Waals surface area (Å²) in [4.78, 5) is 27.7. The van der Waals surface area contributed by atoms with Gasteiger partial charge in [0.1, 0.15) is 12.6 Å². The van der Waals surface area contributed by atoms with Gasteiger partial charge in [-0.1, -0.05) is 54.7 Å². The molecule has 186 valence electrons. The van der Waals surface area contributed by atoms with Crippen LogP contribution in [0.4, 0.5) is 5.69 Å². The number of sulfonamides is 1. The smallest absolute Gasteiger partial charge is 0.244 e. The van der Waals surface area contributed by atoms with Gasteiger partial charge < -0.3 is 10.2 Å². The third-order valence-electron chi connectivity index (χ3n) is 5.40. The quantitative estimate of drug-likeness (QED) is 0.438. The van der Waals surface area contributed by atoms with Gasteiger partial charge >= 0.3 is 0 Å². The van der Waals surface area contributed by atoms with Crippen molar-refractivity contribution in [1.82, 2.24) is 10.2 Å². The molecule has 0 fully saturated rings. The number of hydrogen-bond donors (Lipinski definition) is 1. The maximum absolute atomic E-state index is 13.5. The van der Waals surface area contributed by atoms with Crippen molar-refractivity contribution in [1.29, 1.82) is 0 Å². The third-order valence-corrected chi connectivity index (χ3v) is 7.13. The van der Waals surface area contributed by atoms with E-state index in [0.29, 0.717) is 33.4 Å². The first-order valence-electron chi connectivity index (χ1n) is 11.0. The number of nitrogens with one attached hydrogen (secondary N) is 1. The van der Waals surface area contributed by atoms with Crippen LogP contribution < -0.4 is 9.62 Å². The van der Waals surface area contributed by atoms with Gasteiger partial charge in [0.05, 0.1) is 11.9 Å². The van der Waals surface area contributed by atoms with Gasteiger partial charge in [-0.3, -0.25) is 13.9 Å². The van der Waals surface area contributed by atoms with Crippen LogP contribution in [0.3, 0.4) is 0 Å². The van der Waals surface area contributed by atoms with E-state index in [1.807, 2.05) is 6.92 Å². The van der Waals surface area contributed by atoms with Crippen molar-refractivity contribution in [3.8, 4) is 0 Å². The number of anilines is 1.